The van der Waals surface area contributed by atoms with E-state index in [4.69, 9.17) is 21.4 Å². The van der Waals surface area contributed by atoms with Crippen LogP contribution in [0.1, 0.15) is 16.3 Å². The van der Waals surface area contributed by atoms with Gasteiger partial charge in [0.05, 0.1) is 27.9 Å². The van der Waals surface area contributed by atoms with E-state index in [1.165, 1.54) is 0 Å². The number of aromatic nitrogens is 1. The number of nitrogens with zero attached hydrogens (tertiary/aromatic N) is 1. The predicted molar refractivity (Wildman–Crippen MR) is 88.9 cm³/mol. The highest BCUT2D eigenvalue weighted by molar-refractivity contribution is 7.71. The van der Waals surface area contributed by atoms with Crippen LogP contribution in [0.2, 0.25) is 0 Å². The lowest BCUT2D eigenvalue weighted by Crippen LogP contribution is -1.91. The van der Waals surface area contributed by atoms with Crippen molar-refractivity contribution in [2.75, 3.05) is 7.11 Å². The molecule has 0 aliphatic heterocycles. The molecule has 0 N–H and O–H groups in total. The van der Waals surface area contributed by atoms with Gasteiger partial charge in [-0.2, -0.15) is 0 Å². The van der Waals surface area contributed by atoms with Crippen LogP contribution in [0.15, 0.2) is 21.9 Å². The van der Waals surface area contributed by atoms with Crippen molar-refractivity contribution in [2.24, 2.45) is 0 Å². The quantitative estimate of drug-likeness (QED) is 0.607. The number of hydrogen-bond donors (Lipinski definition) is 0. The van der Waals surface area contributed by atoms with E-state index in [1.54, 1.807) is 18.4 Å². The van der Waals surface area contributed by atoms with E-state index in [9.17, 15) is 0 Å². The molecule has 3 nitrogen and oxygen atoms in total. The van der Waals surface area contributed by atoms with Crippen LogP contribution in [0.3, 0.4) is 0 Å². The number of rotatable bonds is 2. The smallest absolute Gasteiger partial charge is 0.139 e. The van der Waals surface area contributed by atoms with Gasteiger partial charge >= 0.3 is 0 Å². The lowest BCUT2D eigenvalue weighted by atomic mass is 10.1. The fourth-order valence-corrected chi connectivity index (χ4v) is 3.45. The van der Waals surface area contributed by atoms with Crippen molar-refractivity contribution < 1.29 is 9.15 Å². The van der Waals surface area contributed by atoms with Crippen LogP contribution >= 0.6 is 23.6 Å². The van der Waals surface area contributed by atoms with E-state index in [1.807, 2.05) is 38.3 Å². The third kappa shape index (κ3) is 2.36. The Bertz CT molecular complexity index is 893. The molecular formula is C16H15NO2S2. The summed E-state index contributed by atoms with van der Waals surface area (Å²) in [6, 6.07) is 3.91. The molecule has 0 saturated heterocycles. The van der Waals surface area contributed by atoms with Crippen molar-refractivity contribution in [1.29, 1.82) is 0 Å². The second-order valence-corrected chi connectivity index (χ2v) is 6.40. The summed E-state index contributed by atoms with van der Waals surface area (Å²) in [5.74, 6) is 1.58. The third-order valence-corrected chi connectivity index (χ3v) is 4.66. The Balaban J connectivity index is 2.36. The maximum atomic E-state index is 5.95. The SMILES string of the molecule is COc1cc2oc(C)c(-c3csc(C)n3)c(=S)c2cc1C. The number of thiazole rings is 1. The molecule has 1 aromatic carbocycles. The minimum atomic E-state index is 0.746. The Morgan fingerprint density at radius 2 is 2.00 bits per heavy atom. The molecule has 0 radical (unpaired) electrons. The fourth-order valence-electron chi connectivity index (χ4n) is 2.44. The zero-order valence-electron chi connectivity index (χ0n) is 12.3. The second-order valence-electron chi connectivity index (χ2n) is 4.93. The van der Waals surface area contributed by atoms with Gasteiger partial charge in [-0.1, -0.05) is 12.2 Å². The molecule has 0 amide bonds. The Kier molecular flexibility index (Phi) is 3.55. The Morgan fingerprint density at radius 1 is 1.24 bits per heavy atom. The highest BCUT2D eigenvalue weighted by atomic mass is 32.1. The summed E-state index contributed by atoms with van der Waals surface area (Å²) < 4.78 is 12.1. The molecule has 3 rings (SSSR count). The monoisotopic (exact) mass is 317 g/mol. The Labute approximate surface area is 132 Å². The van der Waals surface area contributed by atoms with E-state index < -0.39 is 0 Å². The van der Waals surface area contributed by atoms with E-state index in [-0.39, 0.29) is 0 Å². The third-order valence-electron chi connectivity index (χ3n) is 3.46. The first-order valence-corrected chi connectivity index (χ1v) is 7.84. The van der Waals surface area contributed by atoms with Gasteiger partial charge in [0.2, 0.25) is 0 Å². The van der Waals surface area contributed by atoms with Crippen LogP contribution in [-0.2, 0) is 0 Å². The van der Waals surface area contributed by atoms with Crippen LogP contribution in [-0.4, -0.2) is 12.1 Å². The number of fused-ring (bicyclic) bond motifs is 1. The normalized spacial score (nSPS) is 11.0. The van der Waals surface area contributed by atoms with Gasteiger partial charge in [0.1, 0.15) is 17.1 Å². The molecule has 0 aliphatic carbocycles. The number of aryl methyl sites for hydroxylation is 3. The fraction of sp³-hybridized carbons (Fsp3) is 0.250. The van der Waals surface area contributed by atoms with Crippen molar-refractivity contribution in [3.8, 4) is 17.0 Å². The van der Waals surface area contributed by atoms with Crippen LogP contribution in [0.4, 0.5) is 0 Å². The zero-order valence-corrected chi connectivity index (χ0v) is 13.9. The molecule has 0 fully saturated rings. The summed E-state index contributed by atoms with van der Waals surface area (Å²) >= 11 is 7.29. The molecule has 0 aliphatic rings. The second kappa shape index (κ2) is 5.24. The van der Waals surface area contributed by atoms with E-state index in [0.29, 0.717) is 0 Å². The summed E-state index contributed by atoms with van der Waals surface area (Å²) in [4.78, 5) is 4.53. The molecule has 21 heavy (non-hydrogen) atoms. The van der Waals surface area contributed by atoms with Gasteiger partial charge in [-0.15, -0.1) is 11.3 Å². The maximum absolute atomic E-state index is 5.95. The molecule has 0 saturated carbocycles. The molecular weight excluding hydrogens is 302 g/mol. The largest absolute Gasteiger partial charge is 0.496 e. The number of ether oxygens (including phenoxy) is 1. The summed E-state index contributed by atoms with van der Waals surface area (Å²) in [7, 11) is 1.65. The maximum Gasteiger partial charge on any atom is 0.139 e. The van der Waals surface area contributed by atoms with Crippen LogP contribution in [0, 0.1) is 25.3 Å². The van der Waals surface area contributed by atoms with Gasteiger partial charge < -0.3 is 9.15 Å². The molecule has 0 atom stereocenters. The summed E-state index contributed by atoms with van der Waals surface area (Å²) in [5, 5.41) is 3.96. The highest BCUT2D eigenvalue weighted by Crippen LogP contribution is 2.34. The first kappa shape index (κ1) is 14.2. The lowest BCUT2D eigenvalue weighted by molar-refractivity contribution is 0.411. The molecule has 0 unspecified atom stereocenters. The van der Waals surface area contributed by atoms with Gasteiger partial charge in [0.15, 0.2) is 0 Å². The standard InChI is InChI=1S/C16H15NO2S2/c1-8-5-11-14(6-13(8)18-4)19-9(2)15(16(11)20)12-7-21-10(3)17-12/h5-7H,1-4H3. The minimum Gasteiger partial charge on any atom is -0.496 e. The van der Waals surface area contributed by atoms with Crippen LogP contribution in [0.5, 0.6) is 5.75 Å². The summed E-state index contributed by atoms with van der Waals surface area (Å²) in [5.41, 5.74) is 3.58. The van der Waals surface area contributed by atoms with Gasteiger partial charge in [0.25, 0.3) is 0 Å². The van der Waals surface area contributed by atoms with Crippen molar-refractivity contribution >= 4 is 34.5 Å². The Hall–Kier alpha value is -1.72. The molecule has 0 spiro atoms. The van der Waals surface area contributed by atoms with Crippen molar-refractivity contribution in [3.63, 3.8) is 0 Å². The van der Waals surface area contributed by atoms with Gasteiger partial charge in [-0.3, -0.25) is 0 Å². The van der Waals surface area contributed by atoms with Gasteiger partial charge in [-0.25, -0.2) is 4.98 Å². The zero-order chi connectivity index (χ0) is 15.1. The van der Waals surface area contributed by atoms with Crippen molar-refractivity contribution in [3.05, 3.63) is 38.4 Å². The first-order valence-electron chi connectivity index (χ1n) is 6.56. The lowest BCUT2D eigenvalue weighted by Gasteiger charge is -2.10. The minimum absolute atomic E-state index is 0.746. The van der Waals surface area contributed by atoms with E-state index in [2.05, 4.69) is 4.98 Å². The molecule has 108 valence electrons. The first-order chi connectivity index (χ1) is 10.0. The van der Waals surface area contributed by atoms with Crippen molar-refractivity contribution in [2.45, 2.75) is 20.8 Å². The molecule has 2 heterocycles. The molecule has 2 aromatic heterocycles. The number of benzene rings is 1. The van der Waals surface area contributed by atoms with Gasteiger partial charge in [0, 0.05) is 16.8 Å². The average Bonchev–Trinajstić information content (AvgIpc) is 2.85. The summed E-state index contributed by atoms with van der Waals surface area (Å²) in [6.45, 7) is 5.91. The molecule has 5 heteroatoms. The van der Waals surface area contributed by atoms with E-state index >= 15 is 0 Å². The molecule has 3 aromatic rings. The predicted octanol–water partition coefficient (Wildman–Crippen LogP) is 5.22. The molecule has 0 bridgehead atoms. The van der Waals surface area contributed by atoms with Crippen molar-refractivity contribution in [1.82, 2.24) is 4.98 Å². The Morgan fingerprint density at radius 3 is 2.62 bits per heavy atom. The topological polar surface area (TPSA) is 35.3 Å². The van der Waals surface area contributed by atoms with Gasteiger partial charge in [-0.05, 0) is 32.4 Å². The number of hydrogen-bond acceptors (Lipinski definition) is 5. The van der Waals surface area contributed by atoms with Crippen LogP contribution < -0.4 is 4.74 Å². The number of methoxy groups -OCH3 is 1. The van der Waals surface area contributed by atoms with E-state index in [0.717, 1.165) is 48.8 Å². The average molecular weight is 317 g/mol. The summed E-state index contributed by atoms with van der Waals surface area (Å²) in [6.07, 6.45) is 0. The van der Waals surface area contributed by atoms with Crippen LogP contribution in [0.25, 0.3) is 22.2 Å². The highest BCUT2D eigenvalue weighted by Gasteiger charge is 2.14.